The summed E-state index contributed by atoms with van der Waals surface area (Å²) in [5, 5.41) is 4.31. The van der Waals surface area contributed by atoms with Crippen LogP contribution < -0.4 is 5.32 Å². The molecule has 3 atom stereocenters. The maximum absolute atomic E-state index is 14.3. The fourth-order valence-electron chi connectivity index (χ4n) is 4.55. The van der Waals surface area contributed by atoms with Crippen LogP contribution in [0.4, 0.5) is 4.39 Å². The maximum Gasteiger partial charge on any atom is 0.220 e. The highest BCUT2D eigenvalue weighted by molar-refractivity contribution is 7.11. The summed E-state index contributed by atoms with van der Waals surface area (Å²) in [5.41, 5.74) is 0.758. The first-order valence-electron chi connectivity index (χ1n) is 9.80. The Morgan fingerprint density at radius 3 is 2.96 bits per heavy atom. The minimum atomic E-state index is -0.139. The highest BCUT2D eigenvalue weighted by Gasteiger charge is 2.42. The molecule has 27 heavy (non-hydrogen) atoms. The van der Waals surface area contributed by atoms with Crippen LogP contribution >= 0.6 is 11.3 Å². The summed E-state index contributed by atoms with van der Waals surface area (Å²) in [6.45, 7) is 2.84. The standard InChI is InChI=1S/C21H26FN3OS/c1-14-23-12-17(27-14)13-25-16(10-15-6-2-3-7-18(15)22)11-19-20(25)8-4-5-9-21(26)24-19/h2-3,6-7,12,16,19-20H,4-5,8-11,13H2,1H3,(H,24,26)/t16-,19+,20-/m1/s1. The van der Waals surface area contributed by atoms with Gasteiger partial charge in [0.2, 0.25) is 5.91 Å². The molecule has 0 aliphatic carbocycles. The van der Waals surface area contributed by atoms with Gasteiger partial charge in [-0.05, 0) is 44.2 Å². The molecule has 2 aliphatic rings. The number of fused-ring (bicyclic) bond motifs is 1. The average Bonchev–Trinajstić information content (AvgIpc) is 3.16. The first-order chi connectivity index (χ1) is 13.1. The largest absolute Gasteiger partial charge is 0.352 e. The van der Waals surface area contributed by atoms with Gasteiger partial charge in [0, 0.05) is 42.2 Å². The molecule has 2 saturated heterocycles. The number of halogens is 1. The first-order valence-corrected chi connectivity index (χ1v) is 10.6. The summed E-state index contributed by atoms with van der Waals surface area (Å²) in [6.07, 6.45) is 7.22. The van der Waals surface area contributed by atoms with Gasteiger partial charge in [0.05, 0.1) is 5.01 Å². The molecule has 4 nitrogen and oxygen atoms in total. The Morgan fingerprint density at radius 2 is 2.19 bits per heavy atom. The van der Waals surface area contributed by atoms with Crippen LogP contribution in [0.3, 0.4) is 0 Å². The summed E-state index contributed by atoms with van der Waals surface area (Å²) in [7, 11) is 0. The molecule has 1 aromatic heterocycles. The van der Waals surface area contributed by atoms with E-state index in [-0.39, 0.29) is 23.8 Å². The quantitative estimate of drug-likeness (QED) is 0.867. The molecule has 0 unspecified atom stereocenters. The van der Waals surface area contributed by atoms with E-state index in [1.807, 2.05) is 25.3 Å². The molecule has 0 saturated carbocycles. The zero-order valence-corrected chi connectivity index (χ0v) is 16.5. The third-order valence-corrected chi connectivity index (χ3v) is 6.70. The Balaban J connectivity index is 1.60. The molecule has 0 radical (unpaired) electrons. The number of likely N-dealkylation sites (tertiary alicyclic amines) is 1. The normalized spacial score (nSPS) is 26.3. The lowest BCUT2D eigenvalue weighted by Crippen LogP contribution is -2.46. The van der Waals surface area contributed by atoms with Crippen molar-refractivity contribution in [1.29, 1.82) is 0 Å². The smallest absolute Gasteiger partial charge is 0.220 e. The molecule has 1 N–H and O–H groups in total. The second-order valence-electron chi connectivity index (χ2n) is 7.69. The minimum Gasteiger partial charge on any atom is -0.352 e. The number of thiazole rings is 1. The van der Waals surface area contributed by atoms with Crippen molar-refractivity contribution in [2.75, 3.05) is 0 Å². The number of carbonyl (C=O) groups excluding carboxylic acids is 1. The fourth-order valence-corrected chi connectivity index (χ4v) is 5.35. The van der Waals surface area contributed by atoms with Crippen molar-refractivity contribution in [2.45, 2.75) is 70.1 Å². The van der Waals surface area contributed by atoms with Crippen LogP contribution in [-0.4, -0.2) is 33.9 Å². The Morgan fingerprint density at radius 1 is 1.33 bits per heavy atom. The number of carbonyl (C=O) groups is 1. The van der Waals surface area contributed by atoms with Crippen molar-refractivity contribution in [3.63, 3.8) is 0 Å². The number of nitrogens with one attached hydrogen (secondary N) is 1. The molecule has 2 aliphatic heterocycles. The van der Waals surface area contributed by atoms with Gasteiger partial charge in [-0.2, -0.15) is 0 Å². The van der Waals surface area contributed by atoms with Crippen molar-refractivity contribution in [1.82, 2.24) is 15.2 Å². The molecule has 4 rings (SSSR count). The van der Waals surface area contributed by atoms with Crippen LogP contribution in [0.5, 0.6) is 0 Å². The van der Waals surface area contributed by atoms with E-state index in [2.05, 4.69) is 15.2 Å². The zero-order chi connectivity index (χ0) is 18.8. The fraction of sp³-hybridized carbons (Fsp3) is 0.524. The molecule has 0 spiro atoms. The van der Waals surface area contributed by atoms with E-state index in [0.717, 1.165) is 42.8 Å². The summed E-state index contributed by atoms with van der Waals surface area (Å²) in [4.78, 5) is 20.3. The van der Waals surface area contributed by atoms with Crippen molar-refractivity contribution >= 4 is 17.2 Å². The van der Waals surface area contributed by atoms with Gasteiger partial charge < -0.3 is 5.32 Å². The van der Waals surface area contributed by atoms with Crippen molar-refractivity contribution < 1.29 is 9.18 Å². The summed E-state index contributed by atoms with van der Waals surface area (Å²) < 4.78 is 14.3. The van der Waals surface area contributed by atoms with Crippen molar-refractivity contribution in [2.24, 2.45) is 0 Å². The molecule has 1 aromatic carbocycles. The van der Waals surface area contributed by atoms with E-state index in [1.54, 1.807) is 17.4 Å². The van der Waals surface area contributed by atoms with Gasteiger partial charge in [0.25, 0.3) is 0 Å². The highest BCUT2D eigenvalue weighted by atomic mass is 32.1. The monoisotopic (exact) mass is 387 g/mol. The number of aryl methyl sites for hydroxylation is 1. The topological polar surface area (TPSA) is 45.2 Å². The van der Waals surface area contributed by atoms with E-state index in [0.29, 0.717) is 18.9 Å². The molecule has 144 valence electrons. The van der Waals surface area contributed by atoms with E-state index in [9.17, 15) is 9.18 Å². The zero-order valence-electron chi connectivity index (χ0n) is 15.7. The highest BCUT2D eigenvalue weighted by Crippen LogP contribution is 2.34. The summed E-state index contributed by atoms with van der Waals surface area (Å²) >= 11 is 1.72. The lowest BCUT2D eigenvalue weighted by molar-refractivity contribution is -0.122. The number of hydrogen-bond acceptors (Lipinski definition) is 4. The number of amides is 1. The van der Waals surface area contributed by atoms with Gasteiger partial charge in [-0.15, -0.1) is 11.3 Å². The molecule has 0 bridgehead atoms. The van der Waals surface area contributed by atoms with Crippen molar-refractivity contribution in [3.8, 4) is 0 Å². The minimum absolute atomic E-state index is 0.139. The van der Waals surface area contributed by atoms with Gasteiger partial charge in [-0.1, -0.05) is 24.6 Å². The van der Waals surface area contributed by atoms with Crippen LogP contribution in [0.15, 0.2) is 30.5 Å². The summed E-state index contributed by atoms with van der Waals surface area (Å²) in [5.74, 6) is 0.0178. The van der Waals surface area contributed by atoms with Gasteiger partial charge in [0.1, 0.15) is 5.82 Å². The number of rotatable bonds is 4. The predicted molar refractivity (Wildman–Crippen MR) is 105 cm³/mol. The number of hydrogen-bond donors (Lipinski definition) is 1. The van der Waals surface area contributed by atoms with Crippen LogP contribution in [0, 0.1) is 12.7 Å². The van der Waals surface area contributed by atoms with E-state index < -0.39 is 0 Å². The average molecular weight is 388 g/mol. The molecule has 2 fully saturated rings. The number of nitrogens with zero attached hydrogens (tertiary/aromatic N) is 2. The molecular weight excluding hydrogens is 361 g/mol. The second-order valence-corrected chi connectivity index (χ2v) is 9.01. The SMILES string of the molecule is Cc1ncc(CN2[C@H](Cc3ccccc3F)C[C@@H]3NC(=O)CCCC[C@H]32)s1. The van der Waals surface area contributed by atoms with Gasteiger partial charge >= 0.3 is 0 Å². The lowest BCUT2D eigenvalue weighted by Gasteiger charge is -2.32. The van der Waals surface area contributed by atoms with Crippen LogP contribution in [-0.2, 0) is 17.8 Å². The second kappa shape index (κ2) is 8.07. The van der Waals surface area contributed by atoms with Gasteiger partial charge in [-0.3, -0.25) is 9.69 Å². The summed E-state index contributed by atoms with van der Waals surface area (Å²) in [6, 6.07) is 7.74. The Bertz CT molecular complexity index is 808. The molecule has 3 heterocycles. The number of benzene rings is 1. The van der Waals surface area contributed by atoms with E-state index in [1.165, 1.54) is 10.9 Å². The van der Waals surface area contributed by atoms with Gasteiger partial charge in [-0.25, -0.2) is 9.37 Å². The lowest BCUT2D eigenvalue weighted by atomic mass is 9.97. The molecule has 2 aromatic rings. The Hall–Kier alpha value is -1.79. The van der Waals surface area contributed by atoms with Crippen LogP contribution in [0.25, 0.3) is 0 Å². The first kappa shape index (κ1) is 18.6. The maximum atomic E-state index is 14.3. The number of aromatic nitrogens is 1. The third-order valence-electron chi connectivity index (χ3n) is 5.81. The predicted octanol–water partition coefficient (Wildman–Crippen LogP) is 3.84. The van der Waals surface area contributed by atoms with Crippen LogP contribution in [0.1, 0.15) is 47.6 Å². The third kappa shape index (κ3) is 4.22. The Labute approximate surface area is 163 Å². The van der Waals surface area contributed by atoms with Gasteiger partial charge in [0.15, 0.2) is 0 Å². The van der Waals surface area contributed by atoms with Crippen molar-refractivity contribution in [3.05, 3.63) is 51.7 Å². The molecular formula is C21H26FN3OS. The van der Waals surface area contributed by atoms with E-state index >= 15 is 0 Å². The van der Waals surface area contributed by atoms with E-state index in [4.69, 9.17) is 0 Å². The van der Waals surface area contributed by atoms with Crippen LogP contribution in [0.2, 0.25) is 0 Å². The Kier molecular flexibility index (Phi) is 5.55. The molecule has 1 amide bonds. The molecule has 6 heteroatoms.